The number of nitrogens with zero attached hydrogens (tertiary/aromatic N) is 1. The van der Waals surface area contributed by atoms with Gasteiger partial charge in [0.15, 0.2) is 6.61 Å². The molecule has 0 unspecified atom stereocenters. The zero-order chi connectivity index (χ0) is 9.52. The lowest BCUT2D eigenvalue weighted by Crippen LogP contribution is -1.86. The minimum absolute atomic E-state index is 0.136. The van der Waals surface area contributed by atoms with Crippen molar-refractivity contribution in [2.45, 2.75) is 0 Å². The number of hydrogen-bond acceptors (Lipinski definition) is 2. The van der Waals surface area contributed by atoms with E-state index < -0.39 is 0 Å². The first-order chi connectivity index (χ1) is 6.34. The maximum atomic E-state index is 5.82. The lowest BCUT2D eigenvalue weighted by molar-refractivity contribution is 0.181. The Labute approximate surface area is 82.2 Å². The third-order valence-electron chi connectivity index (χ3n) is 1.25. The Balaban J connectivity index is 2.59. The van der Waals surface area contributed by atoms with Crippen molar-refractivity contribution in [3.8, 4) is 12.3 Å². The Morgan fingerprint density at radius 1 is 1.46 bits per heavy atom. The lowest BCUT2D eigenvalue weighted by Gasteiger charge is -1.94. The first kappa shape index (κ1) is 9.63. The topological polar surface area (TPSA) is 21.6 Å². The van der Waals surface area contributed by atoms with Gasteiger partial charge in [-0.1, -0.05) is 40.9 Å². The van der Waals surface area contributed by atoms with Crippen molar-refractivity contribution in [1.82, 2.24) is 0 Å². The fourth-order valence-electron chi connectivity index (χ4n) is 0.703. The molecule has 0 fully saturated rings. The molecule has 1 radical (unpaired) electrons. The Morgan fingerprint density at radius 3 is 2.92 bits per heavy atom. The quantitative estimate of drug-likeness (QED) is 0.311. The number of rotatable bonds is 3. The monoisotopic (exact) mass is 192 g/mol. The molecule has 0 spiro atoms. The van der Waals surface area contributed by atoms with Gasteiger partial charge in [0.05, 0.1) is 5.02 Å². The number of hydrogen-bond donors (Lipinski definition) is 0. The molecule has 2 nitrogen and oxygen atoms in total. The van der Waals surface area contributed by atoms with Crippen LogP contribution in [0.3, 0.4) is 0 Å². The van der Waals surface area contributed by atoms with Gasteiger partial charge in [-0.05, 0) is 6.07 Å². The Hall–Kier alpha value is -1.46. The summed E-state index contributed by atoms with van der Waals surface area (Å²) in [6, 6.07) is 7.20. The fourth-order valence-corrected chi connectivity index (χ4v) is 0.881. The summed E-state index contributed by atoms with van der Waals surface area (Å²) in [6.45, 7) is 0.136. The summed E-state index contributed by atoms with van der Waals surface area (Å²) in [4.78, 5) is 4.66. The van der Waals surface area contributed by atoms with Crippen LogP contribution in [-0.2, 0) is 4.84 Å². The van der Waals surface area contributed by atoms with Gasteiger partial charge in [-0.15, -0.1) is 6.42 Å². The van der Waals surface area contributed by atoms with Crippen LogP contribution in [0.15, 0.2) is 29.4 Å². The molecule has 0 saturated heterocycles. The van der Waals surface area contributed by atoms with Gasteiger partial charge in [-0.2, -0.15) is 0 Å². The maximum Gasteiger partial charge on any atom is 0.177 e. The van der Waals surface area contributed by atoms with Gasteiger partial charge in [0.2, 0.25) is 0 Å². The Kier molecular flexibility index (Phi) is 3.87. The summed E-state index contributed by atoms with van der Waals surface area (Å²) in [6.07, 6.45) is 7.57. The molecule has 0 heterocycles. The Bertz CT molecular complexity index is 341. The van der Waals surface area contributed by atoms with Crippen LogP contribution in [0.5, 0.6) is 0 Å². The third-order valence-corrected chi connectivity index (χ3v) is 1.58. The highest BCUT2D eigenvalue weighted by atomic mass is 35.5. The van der Waals surface area contributed by atoms with Gasteiger partial charge in [-0.3, -0.25) is 0 Å². The zero-order valence-electron chi connectivity index (χ0n) is 6.83. The van der Waals surface area contributed by atoms with Gasteiger partial charge in [0, 0.05) is 5.56 Å². The molecule has 1 aromatic carbocycles. The van der Waals surface area contributed by atoms with E-state index >= 15 is 0 Å². The molecule has 0 amide bonds. The molecule has 0 atom stereocenters. The van der Waals surface area contributed by atoms with E-state index in [-0.39, 0.29) is 6.61 Å². The second-order valence-corrected chi connectivity index (χ2v) is 2.57. The summed E-state index contributed by atoms with van der Waals surface area (Å²) in [5.41, 5.74) is 0.682. The van der Waals surface area contributed by atoms with Crippen LogP contribution in [0.25, 0.3) is 0 Å². The Morgan fingerprint density at radius 2 is 2.23 bits per heavy atom. The molecule has 0 bridgehead atoms. The van der Waals surface area contributed by atoms with Crippen LogP contribution in [0.1, 0.15) is 5.56 Å². The van der Waals surface area contributed by atoms with E-state index in [1.807, 2.05) is 12.1 Å². The summed E-state index contributed by atoms with van der Waals surface area (Å²) >= 11 is 5.82. The van der Waals surface area contributed by atoms with Crippen LogP contribution in [-0.4, -0.2) is 12.8 Å². The van der Waals surface area contributed by atoms with Gasteiger partial charge < -0.3 is 4.84 Å². The smallest absolute Gasteiger partial charge is 0.177 e. The summed E-state index contributed by atoms with van der Waals surface area (Å²) < 4.78 is 0. The van der Waals surface area contributed by atoms with Crippen LogP contribution < -0.4 is 0 Å². The van der Waals surface area contributed by atoms with Crippen LogP contribution in [0.4, 0.5) is 0 Å². The third kappa shape index (κ3) is 3.18. The van der Waals surface area contributed by atoms with Crippen molar-refractivity contribution in [2.24, 2.45) is 5.16 Å². The first-order valence-corrected chi connectivity index (χ1v) is 3.98. The van der Waals surface area contributed by atoms with Gasteiger partial charge in [-0.25, -0.2) is 0 Å². The predicted octanol–water partition coefficient (Wildman–Crippen LogP) is 2.20. The number of benzene rings is 1. The highest BCUT2D eigenvalue weighted by molar-refractivity contribution is 6.33. The largest absolute Gasteiger partial charge is 0.382 e. The molecule has 0 saturated carbocycles. The number of terminal acetylenes is 1. The zero-order valence-corrected chi connectivity index (χ0v) is 7.58. The fraction of sp³-hybridized carbons (Fsp3) is 0.100. The summed E-state index contributed by atoms with van der Waals surface area (Å²) in [5.74, 6) is 2.28. The minimum atomic E-state index is 0.136. The second-order valence-electron chi connectivity index (χ2n) is 2.16. The van der Waals surface area contributed by atoms with E-state index in [9.17, 15) is 0 Å². The maximum absolute atomic E-state index is 5.82. The van der Waals surface area contributed by atoms with Crippen LogP contribution in [0, 0.1) is 12.3 Å². The number of halogens is 1. The minimum Gasteiger partial charge on any atom is -0.382 e. The molecule has 0 aromatic heterocycles. The van der Waals surface area contributed by atoms with Gasteiger partial charge >= 0.3 is 0 Å². The van der Waals surface area contributed by atoms with Gasteiger partial charge in [0.1, 0.15) is 6.21 Å². The van der Waals surface area contributed by atoms with E-state index in [4.69, 9.17) is 18.0 Å². The van der Waals surface area contributed by atoms with Crippen molar-refractivity contribution in [3.05, 3.63) is 34.9 Å². The van der Waals surface area contributed by atoms with E-state index in [2.05, 4.69) is 22.1 Å². The molecule has 0 aliphatic carbocycles. The first-order valence-electron chi connectivity index (χ1n) is 3.60. The van der Waals surface area contributed by atoms with Crippen molar-refractivity contribution in [2.75, 3.05) is 6.61 Å². The average Bonchev–Trinajstić information content (AvgIpc) is 2.15. The lowest BCUT2D eigenvalue weighted by atomic mass is 10.2. The van der Waals surface area contributed by atoms with Crippen molar-refractivity contribution in [1.29, 1.82) is 0 Å². The second kappa shape index (κ2) is 5.23. The normalized spacial score (nSPS) is 9.85. The van der Waals surface area contributed by atoms with E-state index in [0.717, 1.165) is 0 Å². The molecule has 1 rings (SSSR count). The molecular weight excluding hydrogens is 186 g/mol. The van der Waals surface area contributed by atoms with Crippen LogP contribution in [0.2, 0.25) is 5.02 Å². The highest BCUT2D eigenvalue weighted by Gasteiger charge is 1.94. The van der Waals surface area contributed by atoms with E-state index in [1.54, 1.807) is 12.1 Å². The predicted molar refractivity (Wildman–Crippen MR) is 52.8 cm³/mol. The average molecular weight is 193 g/mol. The highest BCUT2D eigenvalue weighted by Crippen LogP contribution is 2.12. The summed E-state index contributed by atoms with van der Waals surface area (Å²) in [7, 11) is 0. The van der Waals surface area contributed by atoms with E-state index in [0.29, 0.717) is 10.6 Å². The van der Waals surface area contributed by atoms with Crippen molar-refractivity contribution >= 4 is 17.8 Å². The standard InChI is InChI=1S/C10H7ClNO/c1-2-7-13-12-8-9-5-3-4-6-10(9)11/h1,3-6H,7H2. The molecule has 0 aliphatic heterocycles. The molecule has 0 aliphatic rings. The van der Waals surface area contributed by atoms with Gasteiger partial charge in [0.25, 0.3) is 0 Å². The summed E-state index contributed by atoms with van der Waals surface area (Å²) in [5, 5.41) is 4.09. The van der Waals surface area contributed by atoms with E-state index in [1.165, 1.54) is 0 Å². The molecule has 0 N–H and O–H groups in total. The molecule has 13 heavy (non-hydrogen) atoms. The molecule has 65 valence electrons. The van der Waals surface area contributed by atoms with Crippen molar-refractivity contribution < 1.29 is 4.84 Å². The molecule has 3 heteroatoms. The van der Waals surface area contributed by atoms with Crippen molar-refractivity contribution in [3.63, 3.8) is 0 Å². The molecule has 1 aromatic rings. The molecular formula is C10H7ClNO. The van der Waals surface area contributed by atoms with Crippen LogP contribution >= 0.6 is 11.6 Å². The SMILES string of the molecule is C#CCON=[C]c1ccccc1Cl.